The molecule has 0 unspecified atom stereocenters. The van der Waals surface area contributed by atoms with Crippen molar-refractivity contribution in [1.82, 2.24) is 4.98 Å². The Bertz CT molecular complexity index is 764. The summed E-state index contributed by atoms with van der Waals surface area (Å²) in [5.74, 6) is 0.440. The maximum absolute atomic E-state index is 12.7. The van der Waals surface area contributed by atoms with Gasteiger partial charge in [-0.05, 0) is 32.9 Å². The van der Waals surface area contributed by atoms with Gasteiger partial charge in [0.25, 0.3) is 0 Å². The number of aromatic nitrogens is 1. The Hall–Kier alpha value is -1.33. The van der Waals surface area contributed by atoms with Crippen molar-refractivity contribution in [2.24, 2.45) is 0 Å². The highest BCUT2D eigenvalue weighted by atomic mass is 35.5. The Labute approximate surface area is 123 Å². The number of methoxy groups -OCH3 is 1. The summed E-state index contributed by atoms with van der Waals surface area (Å²) in [6.07, 6.45) is 1.54. The third-order valence-electron chi connectivity index (χ3n) is 3.06. The van der Waals surface area contributed by atoms with Gasteiger partial charge in [0.1, 0.15) is 5.75 Å². The van der Waals surface area contributed by atoms with Crippen LogP contribution in [0, 0.1) is 0 Å². The lowest BCUT2D eigenvalue weighted by Gasteiger charge is -2.21. The highest BCUT2D eigenvalue weighted by Crippen LogP contribution is 2.36. The summed E-state index contributed by atoms with van der Waals surface area (Å²) in [5.41, 5.74) is 0.500. The number of sulfone groups is 1. The van der Waals surface area contributed by atoms with Gasteiger partial charge < -0.3 is 4.74 Å². The lowest BCUT2D eigenvalue weighted by atomic mass is 10.2. The predicted octanol–water partition coefficient (Wildman–Crippen LogP) is 3.47. The van der Waals surface area contributed by atoms with E-state index < -0.39 is 14.6 Å². The molecule has 6 heteroatoms. The molecule has 0 saturated carbocycles. The number of hydrogen-bond donors (Lipinski definition) is 0. The molecule has 2 aromatic rings. The van der Waals surface area contributed by atoms with Crippen LogP contribution in [-0.4, -0.2) is 25.3 Å². The molecule has 0 amide bonds. The van der Waals surface area contributed by atoms with Crippen molar-refractivity contribution in [3.05, 3.63) is 29.4 Å². The molecule has 0 fully saturated rings. The Kier molecular flexibility index (Phi) is 3.69. The van der Waals surface area contributed by atoms with E-state index >= 15 is 0 Å². The number of rotatable bonds is 2. The van der Waals surface area contributed by atoms with Crippen molar-refractivity contribution in [2.75, 3.05) is 7.11 Å². The van der Waals surface area contributed by atoms with Crippen LogP contribution in [0.1, 0.15) is 20.8 Å². The van der Waals surface area contributed by atoms with E-state index in [1.165, 1.54) is 19.4 Å². The van der Waals surface area contributed by atoms with E-state index in [2.05, 4.69) is 4.98 Å². The highest BCUT2D eigenvalue weighted by Gasteiger charge is 2.33. The van der Waals surface area contributed by atoms with Gasteiger partial charge in [0.15, 0.2) is 9.84 Å². The Morgan fingerprint density at radius 3 is 2.45 bits per heavy atom. The minimum absolute atomic E-state index is 0.150. The number of nitrogens with zero attached hydrogens (tertiary/aromatic N) is 1. The number of hydrogen-bond acceptors (Lipinski definition) is 4. The summed E-state index contributed by atoms with van der Waals surface area (Å²) in [6.45, 7) is 4.95. The molecule has 2 rings (SSSR count). The quantitative estimate of drug-likeness (QED) is 0.852. The van der Waals surface area contributed by atoms with E-state index in [0.29, 0.717) is 21.7 Å². The lowest BCUT2D eigenvalue weighted by Crippen LogP contribution is -2.28. The van der Waals surface area contributed by atoms with E-state index in [4.69, 9.17) is 16.3 Å². The average molecular weight is 314 g/mol. The van der Waals surface area contributed by atoms with Crippen molar-refractivity contribution >= 4 is 32.3 Å². The molecule has 1 aromatic heterocycles. The van der Waals surface area contributed by atoms with Crippen LogP contribution in [0.25, 0.3) is 10.9 Å². The minimum Gasteiger partial charge on any atom is -0.497 e. The maximum atomic E-state index is 12.7. The zero-order valence-corrected chi connectivity index (χ0v) is 13.3. The van der Waals surface area contributed by atoms with Gasteiger partial charge in [-0.1, -0.05) is 11.6 Å². The van der Waals surface area contributed by atoms with Crippen LogP contribution in [0.4, 0.5) is 0 Å². The van der Waals surface area contributed by atoms with Gasteiger partial charge in [-0.25, -0.2) is 8.42 Å². The van der Waals surface area contributed by atoms with Crippen LogP contribution in [-0.2, 0) is 9.84 Å². The second kappa shape index (κ2) is 4.90. The number of ether oxygens (including phenoxy) is 1. The summed E-state index contributed by atoms with van der Waals surface area (Å²) in [5, 5.41) is 0.797. The monoisotopic (exact) mass is 313 g/mol. The molecule has 20 heavy (non-hydrogen) atoms. The van der Waals surface area contributed by atoms with E-state index in [1.807, 2.05) is 0 Å². The molecule has 1 aromatic carbocycles. The van der Waals surface area contributed by atoms with E-state index in [0.717, 1.165) is 0 Å². The van der Waals surface area contributed by atoms with Crippen molar-refractivity contribution in [1.29, 1.82) is 0 Å². The van der Waals surface area contributed by atoms with Crippen LogP contribution in [0.15, 0.2) is 29.3 Å². The highest BCUT2D eigenvalue weighted by molar-refractivity contribution is 7.93. The number of pyridine rings is 1. The van der Waals surface area contributed by atoms with Crippen LogP contribution < -0.4 is 4.74 Å². The van der Waals surface area contributed by atoms with Gasteiger partial charge >= 0.3 is 0 Å². The van der Waals surface area contributed by atoms with Crippen LogP contribution in [0.3, 0.4) is 0 Å². The second-order valence-electron chi connectivity index (χ2n) is 5.43. The summed E-state index contributed by atoms with van der Waals surface area (Å²) < 4.78 is 29.7. The molecule has 0 radical (unpaired) electrons. The van der Waals surface area contributed by atoms with Crippen molar-refractivity contribution < 1.29 is 13.2 Å². The molecular weight excluding hydrogens is 298 g/mol. The summed E-state index contributed by atoms with van der Waals surface area (Å²) >= 11 is 6.17. The SMILES string of the molecule is COc1cc(S(=O)(=O)C(C)(C)C)c2c(Cl)ccnc2c1. The molecule has 0 aliphatic heterocycles. The first-order valence-corrected chi connectivity index (χ1v) is 7.91. The molecule has 0 bridgehead atoms. The van der Waals surface area contributed by atoms with Gasteiger partial charge in [-0.15, -0.1) is 0 Å². The molecule has 0 aliphatic rings. The normalized spacial score (nSPS) is 12.7. The fraction of sp³-hybridized carbons (Fsp3) is 0.357. The molecule has 0 atom stereocenters. The smallest absolute Gasteiger partial charge is 0.184 e. The van der Waals surface area contributed by atoms with E-state index in [1.54, 1.807) is 32.9 Å². The molecular formula is C14H16ClNO3S. The van der Waals surface area contributed by atoms with Gasteiger partial charge in [-0.2, -0.15) is 0 Å². The zero-order chi connectivity index (χ0) is 15.1. The fourth-order valence-corrected chi connectivity index (χ4v) is 3.57. The van der Waals surface area contributed by atoms with E-state index in [9.17, 15) is 8.42 Å². The summed E-state index contributed by atoms with van der Waals surface area (Å²) in [4.78, 5) is 4.33. The van der Waals surface area contributed by atoms with Crippen LogP contribution in [0.2, 0.25) is 5.02 Å². The van der Waals surface area contributed by atoms with Crippen molar-refractivity contribution in [3.63, 3.8) is 0 Å². The van der Waals surface area contributed by atoms with Crippen LogP contribution in [0.5, 0.6) is 5.75 Å². The molecule has 1 heterocycles. The second-order valence-corrected chi connectivity index (χ2v) is 8.51. The summed E-state index contributed by atoms with van der Waals surface area (Å²) in [7, 11) is -2.08. The first-order chi connectivity index (χ1) is 9.18. The molecule has 0 saturated heterocycles. The van der Waals surface area contributed by atoms with Crippen molar-refractivity contribution in [3.8, 4) is 5.75 Å². The standard InChI is InChI=1S/C14H16ClNO3S/c1-14(2,3)20(17,18)12-8-9(19-4)7-11-13(12)10(15)5-6-16-11/h5-8H,1-4H3. The lowest BCUT2D eigenvalue weighted by molar-refractivity contribution is 0.414. The maximum Gasteiger partial charge on any atom is 0.184 e. The first-order valence-electron chi connectivity index (χ1n) is 6.05. The molecule has 4 nitrogen and oxygen atoms in total. The van der Waals surface area contributed by atoms with E-state index in [-0.39, 0.29) is 4.90 Å². The summed E-state index contributed by atoms with van der Waals surface area (Å²) in [6, 6.07) is 4.75. The van der Waals surface area contributed by atoms with Gasteiger partial charge in [-0.3, -0.25) is 4.98 Å². The predicted molar refractivity (Wildman–Crippen MR) is 80.2 cm³/mol. The van der Waals surface area contributed by atoms with Gasteiger partial charge in [0.2, 0.25) is 0 Å². The largest absolute Gasteiger partial charge is 0.497 e. The topological polar surface area (TPSA) is 56.3 Å². The third kappa shape index (κ3) is 2.36. The third-order valence-corrected chi connectivity index (χ3v) is 5.89. The number of fused-ring (bicyclic) bond motifs is 1. The minimum atomic E-state index is -3.56. The Morgan fingerprint density at radius 2 is 1.90 bits per heavy atom. The zero-order valence-electron chi connectivity index (χ0n) is 11.8. The molecule has 0 N–H and O–H groups in total. The fourth-order valence-electron chi connectivity index (χ4n) is 1.84. The Balaban J connectivity index is 2.95. The van der Waals surface area contributed by atoms with Crippen LogP contribution >= 0.6 is 11.6 Å². The van der Waals surface area contributed by atoms with Gasteiger partial charge in [0.05, 0.1) is 27.3 Å². The molecule has 0 aliphatic carbocycles. The molecule has 108 valence electrons. The first kappa shape index (κ1) is 15.1. The van der Waals surface area contributed by atoms with Gasteiger partial charge in [0, 0.05) is 17.6 Å². The molecule has 0 spiro atoms. The Morgan fingerprint density at radius 1 is 1.25 bits per heavy atom. The average Bonchev–Trinajstić information content (AvgIpc) is 2.36. The van der Waals surface area contributed by atoms with Crippen molar-refractivity contribution in [2.45, 2.75) is 30.4 Å². The number of benzene rings is 1. The number of halogens is 1.